The predicted molar refractivity (Wildman–Crippen MR) is 129 cm³/mol. The summed E-state index contributed by atoms with van der Waals surface area (Å²) in [5.74, 6) is 1.13. The first-order chi connectivity index (χ1) is 15.4. The van der Waals surface area contributed by atoms with Crippen molar-refractivity contribution in [3.8, 4) is 0 Å². The Morgan fingerprint density at radius 3 is 2.19 bits per heavy atom. The monoisotopic (exact) mass is 438 g/mol. The van der Waals surface area contributed by atoms with Crippen molar-refractivity contribution in [1.29, 1.82) is 0 Å². The zero-order valence-electron chi connectivity index (χ0n) is 19.6. The lowest BCUT2D eigenvalue weighted by Crippen LogP contribution is -2.20. The summed E-state index contributed by atoms with van der Waals surface area (Å²) in [7, 11) is 0. The average molecular weight is 439 g/mol. The van der Waals surface area contributed by atoms with Gasteiger partial charge in [-0.1, -0.05) is 72.8 Å². The van der Waals surface area contributed by atoms with Crippen LogP contribution in [0.5, 0.6) is 0 Å². The van der Waals surface area contributed by atoms with Gasteiger partial charge in [0.2, 0.25) is 0 Å². The third-order valence-corrected chi connectivity index (χ3v) is 6.56. The first-order valence-electron chi connectivity index (χ1n) is 11.9. The highest BCUT2D eigenvalue weighted by molar-refractivity contribution is 5.28. The number of hydrogen-bond donors (Lipinski definition) is 0. The van der Waals surface area contributed by atoms with Crippen molar-refractivity contribution in [2.45, 2.75) is 77.4 Å². The van der Waals surface area contributed by atoms with Gasteiger partial charge in [0.05, 0.1) is 11.7 Å². The summed E-state index contributed by atoms with van der Waals surface area (Å²) in [6, 6.07) is 14.6. The molecule has 172 valence electrons. The molecule has 1 aliphatic rings. The van der Waals surface area contributed by atoms with Crippen LogP contribution in [0.3, 0.4) is 0 Å². The van der Waals surface area contributed by atoms with E-state index in [4.69, 9.17) is 4.74 Å². The molecule has 3 rings (SSSR count). The van der Waals surface area contributed by atoms with Crippen LogP contribution in [0.1, 0.15) is 87.2 Å². The van der Waals surface area contributed by atoms with Crippen LogP contribution in [-0.4, -0.2) is 0 Å². The molecule has 3 heteroatoms. The maximum absolute atomic E-state index is 14.8. The van der Waals surface area contributed by atoms with Gasteiger partial charge in [-0.3, -0.25) is 0 Å². The predicted octanol–water partition coefficient (Wildman–Crippen LogP) is 8.87. The van der Waals surface area contributed by atoms with E-state index in [-0.39, 0.29) is 5.56 Å². The van der Waals surface area contributed by atoms with Crippen molar-refractivity contribution < 1.29 is 13.5 Å². The van der Waals surface area contributed by atoms with Gasteiger partial charge in [0, 0.05) is 0 Å². The normalized spacial score (nSPS) is 20.8. The van der Waals surface area contributed by atoms with Gasteiger partial charge >= 0.3 is 6.11 Å². The molecule has 1 nitrogen and oxygen atoms in total. The number of halogens is 2. The number of aryl methyl sites for hydroxylation is 1. The number of ether oxygens (including phenoxy) is 1. The fourth-order valence-electron chi connectivity index (χ4n) is 4.60. The first kappa shape index (κ1) is 24.4. The summed E-state index contributed by atoms with van der Waals surface area (Å²) < 4.78 is 34.9. The maximum Gasteiger partial charge on any atom is 0.383 e. The Morgan fingerprint density at radius 1 is 0.938 bits per heavy atom. The first-order valence-corrected chi connectivity index (χ1v) is 11.9. The molecule has 0 heterocycles. The molecule has 0 radical (unpaired) electrons. The highest BCUT2D eigenvalue weighted by atomic mass is 19.3. The topological polar surface area (TPSA) is 9.23 Å². The largest absolute Gasteiger partial charge is 0.383 e. The number of allylic oxidation sites excluding steroid dienone is 4. The van der Waals surface area contributed by atoms with Crippen LogP contribution >= 0.6 is 0 Å². The van der Waals surface area contributed by atoms with E-state index < -0.39 is 12.2 Å². The van der Waals surface area contributed by atoms with E-state index >= 15 is 0 Å². The van der Waals surface area contributed by atoms with Gasteiger partial charge in [-0.25, -0.2) is 0 Å². The second-order valence-electron chi connectivity index (χ2n) is 8.89. The van der Waals surface area contributed by atoms with E-state index in [1.54, 1.807) is 6.92 Å². The zero-order valence-corrected chi connectivity index (χ0v) is 19.6. The second kappa shape index (κ2) is 11.6. The molecule has 0 N–H and O–H groups in total. The molecule has 0 saturated heterocycles. The SMILES string of the molecule is C/C=C/CCc1ccc(C(C)OC(F)(F)c2ccc(C3CCC(/C=C/C)CC3)cc2)cc1. The van der Waals surface area contributed by atoms with E-state index in [2.05, 4.69) is 25.2 Å². The number of alkyl halides is 2. The van der Waals surface area contributed by atoms with Crippen molar-refractivity contribution in [3.63, 3.8) is 0 Å². The van der Waals surface area contributed by atoms with Crippen molar-refractivity contribution in [2.75, 3.05) is 0 Å². The lowest BCUT2D eigenvalue weighted by Gasteiger charge is -2.27. The summed E-state index contributed by atoms with van der Waals surface area (Å²) in [5, 5.41) is 0. The summed E-state index contributed by atoms with van der Waals surface area (Å²) in [5.41, 5.74) is 3.03. The van der Waals surface area contributed by atoms with Crippen LogP contribution in [0, 0.1) is 5.92 Å². The Kier molecular flexibility index (Phi) is 8.81. The van der Waals surface area contributed by atoms with Crippen LogP contribution in [-0.2, 0) is 17.3 Å². The Labute approximate surface area is 192 Å². The van der Waals surface area contributed by atoms with Crippen LogP contribution < -0.4 is 0 Å². The van der Waals surface area contributed by atoms with Gasteiger partial charge in [0.25, 0.3) is 0 Å². The summed E-state index contributed by atoms with van der Waals surface area (Å²) in [4.78, 5) is 0. The maximum atomic E-state index is 14.8. The van der Waals surface area contributed by atoms with E-state index in [0.29, 0.717) is 11.8 Å². The fourth-order valence-corrected chi connectivity index (χ4v) is 4.60. The standard InChI is InChI=1S/C29H36F2O/c1-4-6-7-9-24-10-14-25(15-11-24)22(3)32-29(30,31)28-20-18-27(19-21-28)26-16-12-23(8-5-2)13-17-26/h4-6,8,10-11,14-15,18-23,26H,7,9,12-13,16-17H2,1-3H3/b6-4+,8-5+. The number of benzene rings is 2. The van der Waals surface area contributed by atoms with Crippen molar-refractivity contribution in [3.05, 3.63) is 95.1 Å². The van der Waals surface area contributed by atoms with Crippen LogP contribution in [0.2, 0.25) is 0 Å². The molecule has 0 amide bonds. The Bertz CT molecular complexity index is 872. The van der Waals surface area contributed by atoms with Gasteiger partial charge in [-0.05, 0) is 87.8 Å². The van der Waals surface area contributed by atoms with E-state index in [1.165, 1.54) is 30.5 Å². The van der Waals surface area contributed by atoms with Crippen LogP contribution in [0.15, 0.2) is 72.8 Å². The van der Waals surface area contributed by atoms with E-state index in [1.807, 2.05) is 49.4 Å². The number of rotatable bonds is 9. The minimum absolute atomic E-state index is 0.0846. The Hall–Kier alpha value is -2.26. The minimum Gasteiger partial charge on any atom is -0.309 e. The van der Waals surface area contributed by atoms with Crippen molar-refractivity contribution in [1.82, 2.24) is 0 Å². The summed E-state index contributed by atoms with van der Waals surface area (Å²) in [6.45, 7) is 5.75. The smallest absolute Gasteiger partial charge is 0.309 e. The molecule has 32 heavy (non-hydrogen) atoms. The van der Waals surface area contributed by atoms with Gasteiger partial charge in [0.1, 0.15) is 0 Å². The molecule has 0 spiro atoms. The van der Waals surface area contributed by atoms with Gasteiger partial charge < -0.3 is 4.74 Å². The fraction of sp³-hybridized carbons (Fsp3) is 0.448. The highest BCUT2D eigenvalue weighted by Crippen LogP contribution is 2.39. The molecule has 2 aromatic carbocycles. The van der Waals surface area contributed by atoms with Gasteiger partial charge in [-0.2, -0.15) is 8.78 Å². The molecule has 0 aromatic heterocycles. The molecule has 0 bridgehead atoms. The quantitative estimate of drug-likeness (QED) is 0.355. The molecular formula is C29H36F2O. The van der Waals surface area contributed by atoms with Gasteiger partial charge in [0.15, 0.2) is 0 Å². The molecule has 2 aromatic rings. The summed E-state index contributed by atoms with van der Waals surface area (Å²) in [6.07, 6.45) is 11.0. The van der Waals surface area contributed by atoms with Crippen molar-refractivity contribution in [2.24, 2.45) is 5.92 Å². The molecule has 1 atom stereocenters. The molecule has 1 aliphatic carbocycles. The minimum atomic E-state index is -3.33. The molecule has 1 fully saturated rings. The molecular weight excluding hydrogens is 402 g/mol. The second-order valence-corrected chi connectivity index (χ2v) is 8.89. The molecule has 1 unspecified atom stereocenters. The molecule has 1 saturated carbocycles. The lowest BCUT2D eigenvalue weighted by atomic mass is 9.78. The average Bonchev–Trinajstić information content (AvgIpc) is 2.80. The third-order valence-electron chi connectivity index (χ3n) is 6.56. The van der Waals surface area contributed by atoms with Crippen molar-refractivity contribution >= 4 is 0 Å². The molecule has 0 aliphatic heterocycles. The van der Waals surface area contributed by atoms with E-state index in [0.717, 1.165) is 36.8 Å². The Balaban J connectivity index is 1.58. The van der Waals surface area contributed by atoms with Gasteiger partial charge in [-0.15, -0.1) is 0 Å². The lowest BCUT2D eigenvalue weighted by molar-refractivity contribution is -0.272. The number of hydrogen-bond acceptors (Lipinski definition) is 1. The van der Waals surface area contributed by atoms with Crippen LogP contribution in [0.25, 0.3) is 0 Å². The third kappa shape index (κ3) is 6.62. The summed E-state index contributed by atoms with van der Waals surface area (Å²) >= 11 is 0. The highest BCUT2D eigenvalue weighted by Gasteiger charge is 2.35. The Morgan fingerprint density at radius 2 is 1.59 bits per heavy atom. The van der Waals surface area contributed by atoms with Crippen LogP contribution in [0.4, 0.5) is 8.78 Å². The zero-order chi connectivity index (χ0) is 23.0. The van der Waals surface area contributed by atoms with E-state index in [9.17, 15) is 8.78 Å².